The average molecular weight is 275 g/mol. The summed E-state index contributed by atoms with van der Waals surface area (Å²) >= 11 is 5.52. The highest BCUT2D eigenvalue weighted by molar-refractivity contribution is 6.67. The van der Waals surface area contributed by atoms with Crippen LogP contribution < -0.4 is 5.73 Å². The summed E-state index contributed by atoms with van der Waals surface area (Å²) in [5.41, 5.74) is 8.80. The third-order valence-corrected chi connectivity index (χ3v) is 3.42. The van der Waals surface area contributed by atoms with Crippen molar-refractivity contribution in [3.8, 4) is 0 Å². The quantitative estimate of drug-likeness (QED) is 0.692. The van der Waals surface area contributed by atoms with E-state index in [1.807, 2.05) is 14.0 Å². The topological polar surface area (TPSA) is 73.8 Å². The van der Waals surface area contributed by atoms with Crippen molar-refractivity contribution in [3.63, 3.8) is 0 Å². The lowest BCUT2D eigenvalue weighted by molar-refractivity contribution is 0.108. The van der Waals surface area contributed by atoms with Crippen LogP contribution in [-0.2, 0) is 7.05 Å². The summed E-state index contributed by atoms with van der Waals surface area (Å²) in [5, 5.41) is 5.49. The molecule has 0 aliphatic carbocycles. The first kappa shape index (κ1) is 11.9. The van der Waals surface area contributed by atoms with Gasteiger partial charge in [-0.15, -0.1) is 0 Å². The molecular weight excluding hydrogens is 264 g/mol. The first-order chi connectivity index (χ1) is 8.99. The van der Waals surface area contributed by atoms with Gasteiger partial charge >= 0.3 is 0 Å². The maximum absolute atomic E-state index is 11.3. The van der Waals surface area contributed by atoms with Crippen LogP contribution in [0.15, 0.2) is 18.2 Å². The Kier molecular flexibility index (Phi) is 2.46. The van der Waals surface area contributed by atoms with E-state index in [0.29, 0.717) is 11.4 Å². The van der Waals surface area contributed by atoms with Crippen LogP contribution in [0.5, 0.6) is 0 Å². The highest BCUT2D eigenvalue weighted by Gasteiger charge is 2.15. The third-order valence-electron chi connectivity index (χ3n) is 3.20. The fourth-order valence-electron chi connectivity index (χ4n) is 2.40. The Morgan fingerprint density at radius 2 is 2.16 bits per heavy atom. The Morgan fingerprint density at radius 3 is 2.84 bits per heavy atom. The number of pyridine rings is 1. The molecule has 0 aliphatic heterocycles. The fraction of sp³-hybridized carbons (Fsp3) is 0.154. The van der Waals surface area contributed by atoms with Gasteiger partial charge in [-0.05, 0) is 36.7 Å². The zero-order chi connectivity index (χ0) is 13.7. The van der Waals surface area contributed by atoms with E-state index < -0.39 is 5.24 Å². The molecule has 0 fully saturated rings. The second-order valence-electron chi connectivity index (χ2n) is 4.44. The van der Waals surface area contributed by atoms with E-state index in [9.17, 15) is 4.79 Å². The van der Waals surface area contributed by atoms with Crippen LogP contribution in [-0.4, -0.2) is 20.0 Å². The largest absolute Gasteiger partial charge is 0.383 e. The van der Waals surface area contributed by atoms with Crippen LogP contribution >= 0.6 is 11.6 Å². The lowest BCUT2D eigenvalue weighted by atomic mass is 10.1. The molecule has 2 aromatic heterocycles. The highest BCUT2D eigenvalue weighted by Crippen LogP contribution is 2.30. The van der Waals surface area contributed by atoms with Crippen molar-refractivity contribution in [1.82, 2.24) is 14.8 Å². The molecule has 3 aromatic rings. The average Bonchev–Trinajstić information content (AvgIpc) is 2.65. The molecule has 0 radical (unpaired) electrons. The van der Waals surface area contributed by atoms with E-state index >= 15 is 0 Å². The van der Waals surface area contributed by atoms with Crippen molar-refractivity contribution in [2.45, 2.75) is 6.92 Å². The van der Waals surface area contributed by atoms with Crippen molar-refractivity contribution in [2.24, 2.45) is 7.05 Å². The lowest BCUT2D eigenvalue weighted by Crippen LogP contribution is -1.97. The molecule has 2 heterocycles. The van der Waals surface area contributed by atoms with Crippen molar-refractivity contribution in [3.05, 3.63) is 29.5 Å². The molecule has 3 rings (SSSR count). The van der Waals surface area contributed by atoms with Crippen LogP contribution in [0.4, 0.5) is 5.82 Å². The Bertz CT molecular complexity index is 838. The van der Waals surface area contributed by atoms with E-state index in [1.54, 1.807) is 22.9 Å². The monoisotopic (exact) mass is 274 g/mol. The fourth-order valence-corrected chi connectivity index (χ4v) is 2.52. The molecule has 0 bridgehead atoms. The summed E-state index contributed by atoms with van der Waals surface area (Å²) in [6.07, 6.45) is 0. The number of nitrogens with two attached hydrogens (primary N) is 1. The zero-order valence-electron chi connectivity index (χ0n) is 10.4. The number of carbonyl (C=O) groups excluding carboxylic acids is 1. The number of hydrogen-bond acceptors (Lipinski definition) is 4. The van der Waals surface area contributed by atoms with Crippen molar-refractivity contribution in [2.75, 3.05) is 5.73 Å². The maximum Gasteiger partial charge on any atom is 0.252 e. The van der Waals surface area contributed by atoms with Gasteiger partial charge in [0.05, 0.1) is 22.1 Å². The second kappa shape index (κ2) is 3.93. The van der Waals surface area contributed by atoms with Crippen LogP contribution in [0.2, 0.25) is 0 Å². The number of nitrogen functional groups attached to an aromatic ring is 1. The van der Waals surface area contributed by atoms with E-state index in [-0.39, 0.29) is 0 Å². The van der Waals surface area contributed by atoms with Crippen molar-refractivity contribution in [1.29, 1.82) is 0 Å². The van der Waals surface area contributed by atoms with Crippen molar-refractivity contribution < 1.29 is 4.79 Å². The van der Waals surface area contributed by atoms with Gasteiger partial charge in [0.2, 0.25) is 0 Å². The van der Waals surface area contributed by atoms with Gasteiger partial charge < -0.3 is 5.73 Å². The molecule has 0 aliphatic rings. The standard InChI is InChI=1S/C13H11ClN4O/c1-6-10-11(18(2)17-6)8-5-7(12(14)19)3-4-9(8)16-13(10)15/h3-5H,1-2H3,(H2,15,16). The van der Waals surface area contributed by atoms with E-state index in [1.165, 1.54) is 0 Å². The number of carbonyl (C=O) groups is 1. The smallest absolute Gasteiger partial charge is 0.252 e. The summed E-state index contributed by atoms with van der Waals surface area (Å²) < 4.78 is 1.74. The number of halogens is 1. The second-order valence-corrected chi connectivity index (χ2v) is 4.78. The maximum atomic E-state index is 11.3. The number of nitrogens with zero attached hydrogens (tertiary/aromatic N) is 3. The number of aryl methyl sites for hydroxylation is 2. The summed E-state index contributed by atoms with van der Waals surface area (Å²) in [6.45, 7) is 1.88. The molecule has 0 saturated carbocycles. The Balaban J connectivity index is 2.55. The predicted octanol–water partition coefficient (Wildman–Crippen LogP) is 2.39. The first-order valence-corrected chi connectivity index (χ1v) is 6.09. The molecule has 96 valence electrons. The summed E-state index contributed by atoms with van der Waals surface area (Å²) in [5.74, 6) is 0.443. The van der Waals surface area contributed by atoms with Gasteiger partial charge in [0.25, 0.3) is 5.24 Å². The van der Waals surface area contributed by atoms with Gasteiger partial charge in [-0.2, -0.15) is 5.10 Å². The van der Waals surface area contributed by atoms with E-state index in [0.717, 1.165) is 27.5 Å². The normalized spacial score (nSPS) is 11.3. The molecular formula is C13H11ClN4O. The van der Waals surface area contributed by atoms with Crippen LogP contribution in [0.25, 0.3) is 21.8 Å². The molecule has 1 aromatic carbocycles. The van der Waals surface area contributed by atoms with Gasteiger partial charge in [-0.1, -0.05) is 0 Å². The molecule has 0 unspecified atom stereocenters. The highest BCUT2D eigenvalue weighted by atomic mass is 35.5. The van der Waals surface area contributed by atoms with Crippen LogP contribution in [0.1, 0.15) is 16.1 Å². The lowest BCUT2D eigenvalue weighted by Gasteiger charge is -2.05. The zero-order valence-corrected chi connectivity index (χ0v) is 11.2. The molecule has 0 amide bonds. The molecule has 6 heteroatoms. The Morgan fingerprint density at radius 1 is 1.42 bits per heavy atom. The summed E-state index contributed by atoms with van der Waals surface area (Å²) in [6, 6.07) is 5.10. The summed E-state index contributed by atoms with van der Waals surface area (Å²) in [7, 11) is 1.84. The van der Waals surface area contributed by atoms with Gasteiger partial charge in [0.15, 0.2) is 0 Å². The van der Waals surface area contributed by atoms with Crippen LogP contribution in [0, 0.1) is 6.92 Å². The van der Waals surface area contributed by atoms with Gasteiger partial charge in [0, 0.05) is 18.0 Å². The molecule has 0 atom stereocenters. The Hall–Kier alpha value is -2.14. The molecule has 2 N–H and O–H groups in total. The predicted molar refractivity (Wildman–Crippen MR) is 75.3 cm³/mol. The van der Waals surface area contributed by atoms with Gasteiger partial charge in [-0.3, -0.25) is 9.48 Å². The van der Waals surface area contributed by atoms with Gasteiger partial charge in [-0.25, -0.2) is 4.98 Å². The number of rotatable bonds is 1. The van der Waals surface area contributed by atoms with Crippen molar-refractivity contribution >= 4 is 44.5 Å². The number of benzene rings is 1. The molecule has 0 saturated heterocycles. The minimum absolute atomic E-state index is 0.431. The minimum atomic E-state index is -0.495. The molecule has 5 nitrogen and oxygen atoms in total. The SMILES string of the molecule is Cc1nn(C)c2c1c(N)nc1ccc(C(=O)Cl)cc12. The number of aromatic nitrogens is 3. The number of hydrogen-bond donors (Lipinski definition) is 1. The van der Waals surface area contributed by atoms with Crippen LogP contribution in [0.3, 0.4) is 0 Å². The first-order valence-electron chi connectivity index (χ1n) is 5.71. The minimum Gasteiger partial charge on any atom is -0.383 e. The van der Waals surface area contributed by atoms with E-state index in [2.05, 4.69) is 10.1 Å². The molecule has 19 heavy (non-hydrogen) atoms. The van der Waals surface area contributed by atoms with Gasteiger partial charge in [0.1, 0.15) is 5.82 Å². The summed E-state index contributed by atoms with van der Waals surface area (Å²) in [4.78, 5) is 15.6. The molecule has 0 spiro atoms. The number of fused-ring (bicyclic) bond motifs is 3. The van der Waals surface area contributed by atoms with E-state index in [4.69, 9.17) is 17.3 Å². The third kappa shape index (κ3) is 1.66. The number of anilines is 1. The Labute approximate surface area is 114 Å².